The summed E-state index contributed by atoms with van der Waals surface area (Å²) < 4.78 is 6.62. The average Bonchev–Trinajstić information content (AvgIpc) is 2.85. The van der Waals surface area contributed by atoms with Gasteiger partial charge in [0.2, 0.25) is 0 Å². The van der Waals surface area contributed by atoms with Crippen molar-refractivity contribution < 1.29 is 9.53 Å². The number of carbonyl (C=O) groups is 1. The molecule has 6 nitrogen and oxygen atoms in total. The van der Waals surface area contributed by atoms with Crippen molar-refractivity contribution in [1.29, 1.82) is 0 Å². The third-order valence-electron chi connectivity index (χ3n) is 2.70. The van der Waals surface area contributed by atoms with Crippen molar-refractivity contribution in [2.24, 2.45) is 5.73 Å². The number of ether oxygens (including phenoxy) is 1. The standard InChI is InChI=1S/C10H16N4O2/c1-2-16-10(15)8-3-4-13-14(8)9-6-12-5-7(9)11/h3-4,7,9,12H,2,5-6,11H2,1H3/t7-,9-/m0/s1. The molecule has 0 aromatic carbocycles. The summed E-state index contributed by atoms with van der Waals surface area (Å²) in [6.07, 6.45) is 1.59. The van der Waals surface area contributed by atoms with Gasteiger partial charge in [0.1, 0.15) is 5.69 Å². The van der Waals surface area contributed by atoms with Crippen LogP contribution in [0.15, 0.2) is 12.3 Å². The monoisotopic (exact) mass is 224 g/mol. The van der Waals surface area contributed by atoms with Crippen LogP contribution >= 0.6 is 0 Å². The lowest BCUT2D eigenvalue weighted by atomic mass is 10.2. The second kappa shape index (κ2) is 4.63. The Morgan fingerprint density at radius 1 is 1.75 bits per heavy atom. The predicted octanol–water partition coefficient (Wildman–Crippen LogP) is -0.469. The van der Waals surface area contributed by atoms with Crippen LogP contribution in [-0.4, -0.2) is 41.5 Å². The van der Waals surface area contributed by atoms with Gasteiger partial charge < -0.3 is 15.8 Å². The maximum absolute atomic E-state index is 11.6. The number of rotatable bonds is 3. The zero-order valence-electron chi connectivity index (χ0n) is 9.22. The lowest BCUT2D eigenvalue weighted by molar-refractivity contribution is 0.0509. The molecule has 1 fully saturated rings. The quantitative estimate of drug-likeness (QED) is 0.678. The zero-order valence-corrected chi connectivity index (χ0v) is 9.22. The van der Waals surface area contributed by atoms with Crippen molar-refractivity contribution in [2.75, 3.05) is 19.7 Å². The highest BCUT2D eigenvalue weighted by atomic mass is 16.5. The summed E-state index contributed by atoms with van der Waals surface area (Å²) in [5.74, 6) is -0.348. The first-order chi connectivity index (χ1) is 7.74. The van der Waals surface area contributed by atoms with Crippen LogP contribution in [0.5, 0.6) is 0 Å². The predicted molar refractivity (Wildman–Crippen MR) is 58.1 cm³/mol. The Bertz CT molecular complexity index is 377. The van der Waals surface area contributed by atoms with E-state index in [0.29, 0.717) is 12.3 Å². The fourth-order valence-electron chi connectivity index (χ4n) is 1.90. The molecule has 0 radical (unpaired) electrons. The van der Waals surface area contributed by atoms with Crippen molar-refractivity contribution in [2.45, 2.75) is 19.0 Å². The molecule has 1 saturated heterocycles. The van der Waals surface area contributed by atoms with Crippen LogP contribution in [0.4, 0.5) is 0 Å². The Morgan fingerprint density at radius 2 is 2.56 bits per heavy atom. The van der Waals surface area contributed by atoms with E-state index in [4.69, 9.17) is 10.5 Å². The highest BCUT2D eigenvalue weighted by Crippen LogP contribution is 2.16. The van der Waals surface area contributed by atoms with Crippen LogP contribution in [0.1, 0.15) is 23.5 Å². The summed E-state index contributed by atoms with van der Waals surface area (Å²) in [5.41, 5.74) is 6.40. The molecule has 0 unspecified atom stereocenters. The molecule has 0 spiro atoms. The van der Waals surface area contributed by atoms with Gasteiger partial charge in [-0.25, -0.2) is 4.79 Å². The van der Waals surface area contributed by atoms with Gasteiger partial charge in [-0.15, -0.1) is 0 Å². The molecule has 6 heteroatoms. The van der Waals surface area contributed by atoms with Gasteiger partial charge in [0.25, 0.3) is 0 Å². The summed E-state index contributed by atoms with van der Waals surface area (Å²) in [6.45, 7) is 3.61. The molecule has 2 heterocycles. The number of nitrogens with two attached hydrogens (primary N) is 1. The number of aromatic nitrogens is 2. The molecule has 0 bridgehead atoms. The van der Waals surface area contributed by atoms with Crippen molar-refractivity contribution in [3.8, 4) is 0 Å². The summed E-state index contributed by atoms with van der Waals surface area (Å²) >= 11 is 0. The Labute approximate surface area is 93.8 Å². The van der Waals surface area contributed by atoms with Crippen LogP contribution in [0.3, 0.4) is 0 Å². The number of carbonyl (C=O) groups excluding carboxylic acids is 1. The van der Waals surface area contributed by atoms with E-state index in [1.165, 1.54) is 0 Å². The maximum Gasteiger partial charge on any atom is 0.356 e. The molecular formula is C10H16N4O2. The maximum atomic E-state index is 11.6. The number of nitrogens with one attached hydrogen (secondary N) is 1. The highest BCUT2D eigenvalue weighted by molar-refractivity contribution is 5.87. The fraction of sp³-hybridized carbons (Fsp3) is 0.600. The Balaban J connectivity index is 2.21. The number of hydrogen-bond donors (Lipinski definition) is 2. The molecule has 2 atom stereocenters. The van der Waals surface area contributed by atoms with Crippen LogP contribution in [0.25, 0.3) is 0 Å². The van der Waals surface area contributed by atoms with E-state index >= 15 is 0 Å². The minimum atomic E-state index is -0.348. The SMILES string of the molecule is CCOC(=O)c1ccnn1[C@H]1CNC[C@@H]1N. The second-order valence-electron chi connectivity index (χ2n) is 3.77. The van der Waals surface area contributed by atoms with Crippen molar-refractivity contribution >= 4 is 5.97 Å². The Hall–Kier alpha value is -1.40. The topological polar surface area (TPSA) is 82.2 Å². The van der Waals surface area contributed by atoms with Crippen LogP contribution in [0.2, 0.25) is 0 Å². The Morgan fingerprint density at radius 3 is 3.19 bits per heavy atom. The average molecular weight is 224 g/mol. The lowest BCUT2D eigenvalue weighted by Crippen LogP contribution is -2.33. The number of nitrogens with zero attached hydrogens (tertiary/aromatic N) is 2. The highest BCUT2D eigenvalue weighted by Gasteiger charge is 2.29. The fourth-order valence-corrected chi connectivity index (χ4v) is 1.90. The third-order valence-corrected chi connectivity index (χ3v) is 2.70. The van der Waals surface area contributed by atoms with Gasteiger partial charge >= 0.3 is 5.97 Å². The van der Waals surface area contributed by atoms with Gasteiger partial charge in [-0.05, 0) is 13.0 Å². The van der Waals surface area contributed by atoms with E-state index in [2.05, 4.69) is 10.4 Å². The van der Waals surface area contributed by atoms with Gasteiger partial charge in [0, 0.05) is 25.3 Å². The van der Waals surface area contributed by atoms with E-state index in [9.17, 15) is 4.79 Å². The first-order valence-corrected chi connectivity index (χ1v) is 5.41. The molecule has 1 aliphatic heterocycles. The molecule has 2 rings (SSSR count). The molecule has 0 amide bonds. The first-order valence-electron chi connectivity index (χ1n) is 5.41. The van der Waals surface area contributed by atoms with Gasteiger partial charge in [-0.2, -0.15) is 5.10 Å². The Kier molecular flexibility index (Phi) is 3.21. The van der Waals surface area contributed by atoms with E-state index in [-0.39, 0.29) is 18.1 Å². The molecular weight excluding hydrogens is 208 g/mol. The summed E-state index contributed by atoms with van der Waals surface area (Å²) in [4.78, 5) is 11.6. The van der Waals surface area contributed by atoms with Gasteiger partial charge in [-0.1, -0.05) is 0 Å². The van der Waals surface area contributed by atoms with Gasteiger partial charge in [-0.3, -0.25) is 4.68 Å². The molecule has 3 N–H and O–H groups in total. The molecule has 1 aliphatic rings. The number of hydrogen-bond acceptors (Lipinski definition) is 5. The molecule has 1 aromatic rings. The minimum Gasteiger partial charge on any atom is -0.461 e. The molecule has 0 aliphatic carbocycles. The largest absolute Gasteiger partial charge is 0.461 e. The smallest absolute Gasteiger partial charge is 0.356 e. The summed E-state index contributed by atoms with van der Waals surface area (Å²) in [7, 11) is 0. The molecule has 0 saturated carbocycles. The van der Waals surface area contributed by atoms with Crippen molar-refractivity contribution in [3.63, 3.8) is 0 Å². The van der Waals surface area contributed by atoms with Gasteiger partial charge in [0.15, 0.2) is 0 Å². The summed E-state index contributed by atoms with van der Waals surface area (Å²) in [5, 5.41) is 7.32. The molecule has 1 aromatic heterocycles. The second-order valence-corrected chi connectivity index (χ2v) is 3.77. The van der Waals surface area contributed by atoms with E-state index in [1.54, 1.807) is 23.9 Å². The molecule has 88 valence electrons. The lowest BCUT2D eigenvalue weighted by Gasteiger charge is -2.17. The van der Waals surface area contributed by atoms with E-state index in [0.717, 1.165) is 13.1 Å². The van der Waals surface area contributed by atoms with E-state index in [1.807, 2.05) is 0 Å². The first kappa shape index (κ1) is 11.1. The van der Waals surface area contributed by atoms with Crippen molar-refractivity contribution in [1.82, 2.24) is 15.1 Å². The summed E-state index contributed by atoms with van der Waals surface area (Å²) in [6, 6.07) is 1.66. The van der Waals surface area contributed by atoms with Crippen molar-refractivity contribution in [3.05, 3.63) is 18.0 Å². The van der Waals surface area contributed by atoms with E-state index < -0.39 is 0 Å². The molecule has 16 heavy (non-hydrogen) atoms. The number of esters is 1. The zero-order chi connectivity index (χ0) is 11.5. The normalized spacial score (nSPS) is 24.6. The minimum absolute atomic E-state index is 0.0203. The van der Waals surface area contributed by atoms with Gasteiger partial charge in [0.05, 0.1) is 12.6 Å². The third kappa shape index (κ3) is 1.94. The van der Waals surface area contributed by atoms with Crippen LogP contribution in [-0.2, 0) is 4.74 Å². The van der Waals surface area contributed by atoms with Crippen LogP contribution < -0.4 is 11.1 Å². The van der Waals surface area contributed by atoms with Crippen LogP contribution in [0, 0.1) is 0 Å².